The van der Waals surface area contributed by atoms with Crippen LogP contribution >= 0.6 is 11.8 Å². The van der Waals surface area contributed by atoms with E-state index in [4.69, 9.17) is 10.8 Å². The smallest absolute Gasteiger partial charge is 0.321 e. The molecule has 18 heavy (non-hydrogen) atoms. The average molecular weight is 296 g/mol. The summed E-state index contributed by atoms with van der Waals surface area (Å²) < 4.78 is 22.3. The average Bonchev–Trinajstić information content (AvgIpc) is 2.57. The van der Waals surface area contributed by atoms with E-state index in [0.717, 1.165) is 11.8 Å². The third kappa shape index (κ3) is 5.23. The molecular weight excluding hydrogens is 280 g/mol. The number of nitrogens with one attached hydrogen (secondary N) is 1. The van der Waals surface area contributed by atoms with Crippen molar-refractivity contribution in [3.63, 3.8) is 0 Å². The fraction of sp³-hybridized carbons (Fsp3) is 0.778. The lowest BCUT2D eigenvalue weighted by Crippen LogP contribution is -2.37. The number of thioether (sulfide) groups is 1. The first kappa shape index (κ1) is 15.3. The standard InChI is InChI=1S/C9H16N2O5S2/c10-7(9(13)14)3-17-4-8(12)11-6-1-2-18(15,16)5-6/h6-7H,1-5,10H2,(H,11,12)(H,13,14)/t6?,7-/m0/s1. The first-order chi connectivity index (χ1) is 8.30. The van der Waals surface area contributed by atoms with Crippen LogP contribution in [0.15, 0.2) is 0 Å². The Bertz CT molecular complexity index is 423. The number of carbonyl (C=O) groups excluding carboxylic acids is 1. The summed E-state index contributed by atoms with van der Waals surface area (Å²) in [6.07, 6.45) is 0.438. The number of carboxylic acid groups (broad SMARTS) is 1. The van der Waals surface area contributed by atoms with Gasteiger partial charge in [-0.2, -0.15) is 0 Å². The molecule has 1 fully saturated rings. The minimum absolute atomic E-state index is 0.0158. The monoisotopic (exact) mass is 296 g/mol. The quantitative estimate of drug-likeness (QED) is 0.540. The molecule has 0 spiro atoms. The van der Waals surface area contributed by atoms with Gasteiger partial charge in [0.25, 0.3) is 0 Å². The molecule has 9 heteroatoms. The molecule has 0 saturated carbocycles. The highest BCUT2D eigenvalue weighted by Crippen LogP contribution is 2.11. The summed E-state index contributed by atoms with van der Waals surface area (Å²) in [4.78, 5) is 21.9. The fourth-order valence-electron chi connectivity index (χ4n) is 1.53. The lowest BCUT2D eigenvalue weighted by molar-refractivity contribution is -0.138. The lowest BCUT2D eigenvalue weighted by atomic mass is 10.3. The molecule has 1 unspecified atom stereocenters. The first-order valence-corrected chi connectivity index (χ1v) is 8.33. The maximum absolute atomic E-state index is 11.4. The van der Waals surface area contributed by atoms with Gasteiger partial charge in [0.15, 0.2) is 9.84 Å². The maximum atomic E-state index is 11.4. The molecule has 1 heterocycles. The van der Waals surface area contributed by atoms with Crippen LogP contribution in [-0.2, 0) is 19.4 Å². The Kier molecular flexibility index (Phi) is 5.42. The molecule has 104 valence electrons. The van der Waals surface area contributed by atoms with Crippen LogP contribution in [0.1, 0.15) is 6.42 Å². The molecule has 0 aromatic rings. The molecule has 0 aromatic carbocycles. The van der Waals surface area contributed by atoms with Gasteiger partial charge >= 0.3 is 5.97 Å². The molecule has 7 nitrogen and oxygen atoms in total. The number of sulfone groups is 1. The second kappa shape index (κ2) is 6.39. The molecule has 0 bridgehead atoms. The lowest BCUT2D eigenvalue weighted by Gasteiger charge is -2.11. The van der Waals surface area contributed by atoms with Crippen molar-refractivity contribution in [2.75, 3.05) is 23.0 Å². The fourth-order valence-corrected chi connectivity index (χ4v) is 3.98. The number of aliphatic carboxylic acids is 1. The van der Waals surface area contributed by atoms with Gasteiger partial charge in [0, 0.05) is 11.8 Å². The number of carbonyl (C=O) groups is 2. The Morgan fingerprint density at radius 3 is 2.67 bits per heavy atom. The van der Waals surface area contributed by atoms with Crippen molar-refractivity contribution in [1.82, 2.24) is 5.32 Å². The second-order valence-electron chi connectivity index (χ2n) is 4.13. The summed E-state index contributed by atoms with van der Waals surface area (Å²) >= 11 is 1.11. The molecule has 2 atom stereocenters. The second-order valence-corrected chi connectivity index (χ2v) is 7.39. The van der Waals surface area contributed by atoms with Crippen molar-refractivity contribution in [1.29, 1.82) is 0 Å². The van der Waals surface area contributed by atoms with Gasteiger partial charge in [0.1, 0.15) is 6.04 Å². The van der Waals surface area contributed by atoms with E-state index in [9.17, 15) is 18.0 Å². The van der Waals surface area contributed by atoms with Crippen LogP contribution < -0.4 is 11.1 Å². The molecule has 0 radical (unpaired) electrons. The van der Waals surface area contributed by atoms with E-state index < -0.39 is 21.8 Å². The molecule has 0 aromatic heterocycles. The summed E-state index contributed by atoms with van der Waals surface area (Å²) in [5.74, 6) is -1.08. The summed E-state index contributed by atoms with van der Waals surface area (Å²) in [5.41, 5.74) is 5.27. The van der Waals surface area contributed by atoms with E-state index in [2.05, 4.69) is 5.32 Å². The van der Waals surface area contributed by atoms with E-state index in [-0.39, 0.29) is 35.0 Å². The van der Waals surface area contributed by atoms with E-state index in [1.165, 1.54) is 0 Å². The molecule has 1 amide bonds. The zero-order chi connectivity index (χ0) is 13.8. The number of hydrogen-bond acceptors (Lipinski definition) is 6. The van der Waals surface area contributed by atoms with Crippen LogP contribution in [-0.4, -0.2) is 60.5 Å². The van der Waals surface area contributed by atoms with Crippen LogP contribution in [0, 0.1) is 0 Å². The summed E-state index contributed by atoms with van der Waals surface area (Å²) in [5, 5.41) is 11.1. The van der Waals surface area contributed by atoms with Crippen molar-refractivity contribution in [2.45, 2.75) is 18.5 Å². The van der Waals surface area contributed by atoms with E-state index in [1.54, 1.807) is 0 Å². The number of amides is 1. The van der Waals surface area contributed by atoms with Crippen molar-refractivity contribution >= 4 is 33.5 Å². The van der Waals surface area contributed by atoms with E-state index in [0.29, 0.717) is 6.42 Å². The van der Waals surface area contributed by atoms with Crippen molar-refractivity contribution in [3.05, 3.63) is 0 Å². The molecule has 1 rings (SSSR count). The van der Waals surface area contributed by atoms with Gasteiger partial charge in [0.05, 0.1) is 17.3 Å². The number of carboxylic acids is 1. The van der Waals surface area contributed by atoms with Gasteiger partial charge in [-0.1, -0.05) is 0 Å². The van der Waals surface area contributed by atoms with Gasteiger partial charge in [-0.15, -0.1) is 11.8 Å². The molecular formula is C9H16N2O5S2. The Morgan fingerprint density at radius 2 is 2.17 bits per heavy atom. The highest BCUT2D eigenvalue weighted by Gasteiger charge is 2.28. The van der Waals surface area contributed by atoms with Gasteiger partial charge < -0.3 is 16.2 Å². The third-order valence-electron chi connectivity index (χ3n) is 2.45. The SMILES string of the molecule is N[C@@H](CSCC(=O)NC1CCS(=O)(=O)C1)C(=O)O. The van der Waals surface area contributed by atoms with Crippen LogP contribution in [0.5, 0.6) is 0 Å². The molecule has 0 aliphatic carbocycles. The zero-order valence-corrected chi connectivity index (χ0v) is 11.3. The highest BCUT2D eigenvalue weighted by molar-refractivity contribution is 8.00. The maximum Gasteiger partial charge on any atom is 0.321 e. The number of nitrogens with two attached hydrogens (primary N) is 1. The van der Waals surface area contributed by atoms with E-state index >= 15 is 0 Å². The van der Waals surface area contributed by atoms with Crippen LogP contribution in [0.3, 0.4) is 0 Å². The van der Waals surface area contributed by atoms with Crippen LogP contribution in [0.25, 0.3) is 0 Å². The predicted octanol–water partition coefficient (Wildman–Crippen LogP) is -1.57. The molecule has 1 aliphatic rings. The predicted molar refractivity (Wildman–Crippen MR) is 68.1 cm³/mol. The Morgan fingerprint density at radius 1 is 1.50 bits per heavy atom. The van der Waals surface area contributed by atoms with Crippen molar-refractivity contribution < 1.29 is 23.1 Å². The Hall–Kier alpha value is -0.800. The highest BCUT2D eigenvalue weighted by atomic mass is 32.2. The Labute approximate surface area is 109 Å². The molecule has 1 saturated heterocycles. The minimum Gasteiger partial charge on any atom is -0.480 e. The van der Waals surface area contributed by atoms with Crippen LogP contribution in [0.4, 0.5) is 0 Å². The van der Waals surface area contributed by atoms with Gasteiger partial charge in [-0.3, -0.25) is 9.59 Å². The van der Waals surface area contributed by atoms with Crippen molar-refractivity contribution in [2.24, 2.45) is 5.73 Å². The largest absolute Gasteiger partial charge is 0.480 e. The van der Waals surface area contributed by atoms with Gasteiger partial charge in [-0.25, -0.2) is 8.42 Å². The normalized spacial score (nSPS) is 23.5. The topological polar surface area (TPSA) is 127 Å². The first-order valence-electron chi connectivity index (χ1n) is 5.36. The Balaban J connectivity index is 2.21. The van der Waals surface area contributed by atoms with E-state index in [1.807, 2.05) is 0 Å². The summed E-state index contributed by atoms with van der Waals surface area (Å²) in [6.45, 7) is 0. The zero-order valence-electron chi connectivity index (χ0n) is 9.66. The minimum atomic E-state index is -3.01. The summed E-state index contributed by atoms with van der Waals surface area (Å²) in [6, 6.07) is -1.31. The van der Waals surface area contributed by atoms with Gasteiger partial charge in [-0.05, 0) is 6.42 Å². The van der Waals surface area contributed by atoms with Gasteiger partial charge in [0.2, 0.25) is 5.91 Å². The number of rotatable bonds is 6. The van der Waals surface area contributed by atoms with Crippen LogP contribution in [0.2, 0.25) is 0 Å². The summed E-state index contributed by atoms with van der Waals surface area (Å²) in [7, 11) is -3.01. The number of hydrogen-bond donors (Lipinski definition) is 3. The molecule has 1 aliphatic heterocycles. The molecule has 4 N–H and O–H groups in total. The van der Waals surface area contributed by atoms with Crippen molar-refractivity contribution in [3.8, 4) is 0 Å². The third-order valence-corrected chi connectivity index (χ3v) is 5.27.